The van der Waals surface area contributed by atoms with E-state index >= 15 is 0 Å². The van der Waals surface area contributed by atoms with Crippen LogP contribution < -0.4 is 5.32 Å². The Balaban J connectivity index is 1.76. The minimum atomic E-state index is 0.172. The van der Waals surface area contributed by atoms with Gasteiger partial charge in [0, 0.05) is 25.7 Å². The number of ether oxygens (including phenoxy) is 1. The van der Waals surface area contributed by atoms with E-state index in [4.69, 9.17) is 4.74 Å². The highest BCUT2D eigenvalue weighted by atomic mass is 16.5. The molecule has 2 aliphatic rings. The number of nitrogens with zero attached hydrogens (tertiary/aromatic N) is 1. The summed E-state index contributed by atoms with van der Waals surface area (Å²) in [7, 11) is 0. The van der Waals surface area contributed by atoms with Crippen molar-refractivity contribution < 1.29 is 9.53 Å². The third-order valence-corrected chi connectivity index (χ3v) is 4.05. The summed E-state index contributed by atoms with van der Waals surface area (Å²) in [5.74, 6) is 0.822. The summed E-state index contributed by atoms with van der Waals surface area (Å²) in [4.78, 5) is 14.0. The van der Waals surface area contributed by atoms with Crippen LogP contribution in [0.1, 0.15) is 39.0 Å². The number of nitrogens with one attached hydrogen (secondary N) is 1. The molecule has 2 unspecified atom stereocenters. The zero-order valence-corrected chi connectivity index (χ0v) is 11.5. The van der Waals surface area contributed by atoms with Crippen LogP contribution in [0.25, 0.3) is 0 Å². The molecule has 0 bridgehead atoms. The molecule has 1 amide bonds. The predicted molar refractivity (Wildman–Crippen MR) is 71.4 cm³/mol. The maximum absolute atomic E-state index is 12.0. The van der Waals surface area contributed by atoms with Crippen LogP contribution in [-0.2, 0) is 9.53 Å². The molecule has 0 aromatic carbocycles. The zero-order chi connectivity index (χ0) is 12.8. The van der Waals surface area contributed by atoms with Crippen LogP contribution in [0.3, 0.4) is 0 Å². The normalized spacial score (nSPS) is 28.6. The van der Waals surface area contributed by atoms with Gasteiger partial charge in [-0.25, -0.2) is 0 Å². The van der Waals surface area contributed by atoms with Crippen molar-refractivity contribution in [1.29, 1.82) is 0 Å². The van der Waals surface area contributed by atoms with E-state index in [1.165, 1.54) is 19.3 Å². The SMILES string of the molecule is CCCOCC(=O)N1CCCC(C2CCCN2)C1. The average molecular weight is 254 g/mol. The predicted octanol–water partition coefficient (Wildman–Crippen LogP) is 1.40. The molecule has 4 heteroatoms. The van der Waals surface area contributed by atoms with E-state index in [2.05, 4.69) is 12.2 Å². The number of hydrogen-bond acceptors (Lipinski definition) is 3. The van der Waals surface area contributed by atoms with Crippen LogP contribution >= 0.6 is 0 Å². The van der Waals surface area contributed by atoms with Crippen molar-refractivity contribution in [1.82, 2.24) is 10.2 Å². The monoisotopic (exact) mass is 254 g/mol. The van der Waals surface area contributed by atoms with E-state index in [1.54, 1.807) is 0 Å². The molecule has 18 heavy (non-hydrogen) atoms. The van der Waals surface area contributed by atoms with E-state index in [1.807, 2.05) is 4.90 Å². The first-order valence-corrected chi connectivity index (χ1v) is 7.40. The van der Waals surface area contributed by atoms with Gasteiger partial charge in [0.25, 0.3) is 0 Å². The van der Waals surface area contributed by atoms with Gasteiger partial charge in [-0.15, -0.1) is 0 Å². The van der Waals surface area contributed by atoms with E-state index in [9.17, 15) is 4.79 Å². The maximum atomic E-state index is 12.0. The molecule has 0 spiro atoms. The van der Waals surface area contributed by atoms with E-state index in [0.29, 0.717) is 18.6 Å². The van der Waals surface area contributed by atoms with Gasteiger partial charge in [-0.3, -0.25) is 4.79 Å². The third kappa shape index (κ3) is 3.69. The molecule has 0 aliphatic carbocycles. The van der Waals surface area contributed by atoms with Gasteiger partial charge in [0.1, 0.15) is 6.61 Å². The van der Waals surface area contributed by atoms with Gasteiger partial charge in [-0.1, -0.05) is 6.92 Å². The van der Waals surface area contributed by atoms with Gasteiger partial charge in [0.2, 0.25) is 5.91 Å². The number of likely N-dealkylation sites (tertiary alicyclic amines) is 1. The average Bonchev–Trinajstić information content (AvgIpc) is 2.93. The first-order valence-electron chi connectivity index (χ1n) is 7.40. The second-order valence-electron chi connectivity index (χ2n) is 5.50. The van der Waals surface area contributed by atoms with Gasteiger partial charge in [-0.05, 0) is 44.6 Å². The Kier molecular flexibility index (Phi) is 5.45. The summed E-state index contributed by atoms with van der Waals surface area (Å²) >= 11 is 0. The second-order valence-corrected chi connectivity index (χ2v) is 5.50. The van der Waals surface area contributed by atoms with Crippen molar-refractivity contribution >= 4 is 5.91 Å². The van der Waals surface area contributed by atoms with Crippen LogP contribution in [0, 0.1) is 5.92 Å². The summed E-state index contributed by atoms with van der Waals surface area (Å²) in [6.07, 6.45) is 5.94. The fourth-order valence-corrected chi connectivity index (χ4v) is 3.07. The Morgan fingerprint density at radius 1 is 1.39 bits per heavy atom. The maximum Gasteiger partial charge on any atom is 0.248 e. The highest BCUT2D eigenvalue weighted by molar-refractivity contribution is 5.77. The Labute approximate surface area is 110 Å². The highest BCUT2D eigenvalue weighted by Crippen LogP contribution is 2.24. The molecule has 104 valence electrons. The molecule has 0 aromatic heterocycles. The lowest BCUT2D eigenvalue weighted by Gasteiger charge is -2.35. The van der Waals surface area contributed by atoms with Crippen LogP contribution in [0.15, 0.2) is 0 Å². The highest BCUT2D eigenvalue weighted by Gasteiger charge is 2.30. The Morgan fingerprint density at radius 2 is 2.28 bits per heavy atom. The topological polar surface area (TPSA) is 41.6 Å². The van der Waals surface area contributed by atoms with Crippen LogP contribution in [0.2, 0.25) is 0 Å². The summed E-state index contributed by atoms with van der Waals surface area (Å²) < 4.78 is 5.35. The lowest BCUT2D eigenvalue weighted by atomic mass is 9.90. The number of carbonyl (C=O) groups excluding carboxylic acids is 1. The first-order chi connectivity index (χ1) is 8.81. The fourth-order valence-electron chi connectivity index (χ4n) is 3.07. The molecule has 2 aliphatic heterocycles. The van der Waals surface area contributed by atoms with Crippen molar-refractivity contribution in [2.45, 2.75) is 45.1 Å². The van der Waals surface area contributed by atoms with Crippen LogP contribution in [0.5, 0.6) is 0 Å². The first kappa shape index (κ1) is 13.8. The van der Waals surface area contributed by atoms with Gasteiger partial charge < -0.3 is 15.0 Å². The van der Waals surface area contributed by atoms with Crippen molar-refractivity contribution in [3.8, 4) is 0 Å². The molecule has 2 atom stereocenters. The Hall–Kier alpha value is -0.610. The Bertz CT molecular complexity index is 265. The van der Waals surface area contributed by atoms with E-state index < -0.39 is 0 Å². The summed E-state index contributed by atoms with van der Waals surface area (Å²) in [6, 6.07) is 0.636. The third-order valence-electron chi connectivity index (χ3n) is 4.05. The smallest absolute Gasteiger partial charge is 0.248 e. The molecular weight excluding hydrogens is 228 g/mol. The zero-order valence-electron chi connectivity index (χ0n) is 11.5. The second kappa shape index (κ2) is 7.10. The lowest BCUT2D eigenvalue weighted by molar-refractivity contribution is -0.138. The van der Waals surface area contributed by atoms with Crippen LogP contribution in [-0.4, -0.2) is 49.7 Å². The quantitative estimate of drug-likeness (QED) is 0.754. The van der Waals surface area contributed by atoms with Gasteiger partial charge in [0.15, 0.2) is 0 Å². The van der Waals surface area contributed by atoms with Crippen molar-refractivity contribution in [2.24, 2.45) is 5.92 Å². The molecule has 0 saturated carbocycles. The van der Waals surface area contributed by atoms with Crippen LogP contribution in [0.4, 0.5) is 0 Å². The molecule has 2 heterocycles. The minimum Gasteiger partial charge on any atom is -0.372 e. The van der Waals surface area contributed by atoms with E-state index in [0.717, 1.165) is 32.5 Å². The van der Waals surface area contributed by atoms with Crippen molar-refractivity contribution in [3.05, 3.63) is 0 Å². The number of amides is 1. The fraction of sp³-hybridized carbons (Fsp3) is 0.929. The molecule has 0 aromatic rings. The van der Waals surface area contributed by atoms with Gasteiger partial charge in [0.05, 0.1) is 0 Å². The summed E-state index contributed by atoms with van der Waals surface area (Å²) in [6.45, 7) is 6.00. The number of piperidine rings is 1. The largest absolute Gasteiger partial charge is 0.372 e. The molecular formula is C14H26N2O2. The molecule has 2 fully saturated rings. The number of carbonyl (C=O) groups is 1. The number of rotatable bonds is 5. The molecule has 1 N–H and O–H groups in total. The summed E-state index contributed by atoms with van der Waals surface area (Å²) in [5.41, 5.74) is 0. The molecule has 4 nitrogen and oxygen atoms in total. The molecule has 0 radical (unpaired) electrons. The van der Waals surface area contributed by atoms with E-state index in [-0.39, 0.29) is 12.5 Å². The lowest BCUT2D eigenvalue weighted by Crippen LogP contribution is -2.46. The standard InChI is InChI=1S/C14H26N2O2/c1-2-9-18-11-14(17)16-8-4-5-12(10-16)13-6-3-7-15-13/h12-13,15H,2-11H2,1H3. The van der Waals surface area contributed by atoms with Crippen molar-refractivity contribution in [2.75, 3.05) is 32.8 Å². The minimum absolute atomic E-state index is 0.172. The summed E-state index contributed by atoms with van der Waals surface area (Å²) in [5, 5.41) is 3.57. The molecule has 2 rings (SSSR count). The van der Waals surface area contributed by atoms with Gasteiger partial charge in [-0.2, -0.15) is 0 Å². The molecule has 2 saturated heterocycles. The number of hydrogen-bond donors (Lipinski definition) is 1. The van der Waals surface area contributed by atoms with Crippen molar-refractivity contribution in [3.63, 3.8) is 0 Å². The Morgan fingerprint density at radius 3 is 3.00 bits per heavy atom. The van der Waals surface area contributed by atoms with Gasteiger partial charge >= 0.3 is 0 Å².